The SMILES string of the molecule is COc1ccc(C(=O)Oc2ccc3ccccc3c2/C=N\NC(=O)CNC(=O)c2cc(OC)c(OC)c(OC)c2)cc1. The van der Waals surface area contributed by atoms with E-state index in [1.165, 1.54) is 46.8 Å². The molecule has 2 N–H and O–H groups in total. The highest BCUT2D eigenvalue weighted by molar-refractivity contribution is 6.04. The summed E-state index contributed by atoms with van der Waals surface area (Å²) in [6.07, 6.45) is 1.39. The van der Waals surface area contributed by atoms with Gasteiger partial charge in [0.25, 0.3) is 11.8 Å². The molecule has 0 spiro atoms. The number of ether oxygens (including phenoxy) is 5. The fraction of sp³-hybridized carbons (Fsp3) is 0.161. The Labute approximate surface area is 242 Å². The molecule has 0 aliphatic carbocycles. The van der Waals surface area contributed by atoms with E-state index in [1.807, 2.05) is 30.3 Å². The van der Waals surface area contributed by atoms with Gasteiger partial charge in [0.15, 0.2) is 11.5 Å². The first-order valence-electron chi connectivity index (χ1n) is 12.7. The van der Waals surface area contributed by atoms with Crippen LogP contribution >= 0.6 is 0 Å². The summed E-state index contributed by atoms with van der Waals surface area (Å²) in [7, 11) is 5.87. The second kappa shape index (κ2) is 13.7. The van der Waals surface area contributed by atoms with Crippen molar-refractivity contribution >= 4 is 34.8 Å². The highest BCUT2D eigenvalue weighted by atomic mass is 16.5. The Kier molecular flexibility index (Phi) is 9.57. The lowest BCUT2D eigenvalue weighted by Gasteiger charge is -2.14. The third-order valence-corrected chi connectivity index (χ3v) is 6.18. The third kappa shape index (κ3) is 6.76. The van der Waals surface area contributed by atoms with Crippen molar-refractivity contribution in [3.63, 3.8) is 0 Å². The minimum Gasteiger partial charge on any atom is -0.497 e. The molecule has 0 heterocycles. The maximum absolute atomic E-state index is 12.8. The van der Waals surface area contributed by atoms with Gasteiger partial charge in [0, 0.05) is 11.1 Å². The molecule has 0 fully saturated rings. The van der Waals surface area contributed by atoms with Gasteiger partial charge in [0.1, 0.15) is 11.5 Å². The summed E-state index contributed by atoms with van der Waals surface area (Å²) in [5, 5.41) is 8.21. The predicted octanol–water partition coefficient (Wildman–Crippen LogP) is 3.97. The summed E-state index contributed by atoms with van der Waals surface area (Å²) in [6.45, 7) is -0.359. The predicted molar refractivity (Wildman–Crippen MR) is 156 cm³/mol. The van der Waals surface area contributed by atoms with Gasteiger partial charge in [-0.05, 0) is 53.2 Å². The van der Waals surface area contributed by atoms with Gasteiger partial charge in [-0.15, -0.1) is 0 Å². The molecule has 0 saturated carbocycles. The average Bonchev–Trinajstić information content (AvgIpc) is 3.03. The molecule has 0 aliphatic heterocycles. The molecule has 4 aromatic rings. The van der Waals surface area contributed by atoms with E-state index in [0.29, 0.717) is 34.1 Å². The van der Waals surface area contributed by atoms with Crippen LogP contribution in [0.15, 0.2) is 77.9 Å². The minimum atomic E-state index is -0.580. The fourth-order valence-electron chi connectivity index (χ4n) is 4.07. The maximum atomic E-state index is 12.8. The lowest BCUT2D eigenvalue weighted by atomic mass is 10.0. The van der Waals surface area contributed by atoms with Crippen molar-refractivity contribution in [1.82, 2.24) is 10.7 Å². The smallest absolute Gasteiger partial charge is 0.343 e. The van der Waals surface area contributed by atoms with Crippen molar-refractivity contribution in [3.8, 4) is 28.7 Å². The second-order valence-corrected chi connectivity index (χ2v) is 8.71. The third-order valence-electron chi connectivity index (χ3n) is 6.18. The second-order valence-electron chi connectivity index (χ2n) is 8.71. The summed E-state index contributed by atoms with van der Waals surface area (Å²) in [4.78, 5) is 38.0. The molecule has 4 rings (SSSR count). The Morgan fingerprint density at radius 1 is 0.762 bits per heavy atom. The number of fused-ring (bicyclic) bond motifs is 1. The zero-order chi connectivity index (χ0) is 30.1. The quantitative estimate of drug-likeness (QED) is 0.120. The van der Waals surface area contributed by atoms with Crippen molar-refractivity contribution in [2.45, 2.75) is 0 Å². The Balaban J connectivity index is 1.46. The minimum absolute atomic E-state index is 0.208. The van der Waals surface area contributed by atoms with Gasteiger partial charge in [-0.25, -0.2) is 10.2 Å². The maximum Gasteiger partial charge on any atom is 0.343 e. The molecule has 42 heavy (non-hydrogen) atoms. The highest BCUT2D eigenvalue weighted by Gasteiger charge is 2.18. The van der Waals surface area contributed by atoms with Crippen LogP contribution in [-0.4, -0.2) is 59.0 Å². The van der Waals surface area contributed by atoms with Crippen LogP contribution in [0, 0.1) is 0 Å². The van der Waals surface area contributed by atoms with Gasteiger partial charge in [-0.2, -0.15) is 5.10 Å². The molecule has 11 heteroatoms. The van der Waals surface area contributed by atoms with Crippen LogP contribution in [0.2, 0.25) is 0 Å². The van der Waals surface area contributed by atoms with Crippen molar-refractivity contribution in [1.29, 1.82) is 0 Å². The zero-order valence-electron chi connectivity index (χ0n) is 23.4. The van der Waals surface area contributed by atoms with E-state index in [4.69, 9.17) is 23.7 Å². The fourth-order valence-corrected chi connectivity index (χ4v) is 4.07. The number of hydrazone groups is 1. The number of carbonyl (C=O) groups excluding carboxylic acids is 3. The number of hydrogen-bond donors (Lipinski definition) is 2. The van der Waals surface area contributed by atoms with Crippen LogP contribution in [0.4, 0.5) is 0 Å². The molecular weight excluding hydrogens is 542 g/mol. The zero-order valence-corrected chi connectivity index (χ0v) is 23.4. The van der Waals surface area contributed by atoms with Crippen LogP contribution in [0.5, 0.6) is 28.7 Å². The molecule has 11 nitrogen and oxygen atoms in total. The summed E-state index contributed by atoms with van der Waals surface area (Å²) in [6, 6.07) is 20.4. The Morgan fingerprint density at radius 3 is 2.10 bits per heavy atom. The Bertz CT molecular complexity index is 1610. The summed E-state index contributed by atoms with van der Waals surface area (Å²) in [5.74, 6) is 0.124. The molecule has 0 radical (unpaired) electrons. The van der Waals surface area contributed by atoms with E-state index in [-0.39, 0.29) is 17.9 Å². The van der Waals surface area contributed by atoms with Crippen LogP contribution in [0.25, 0.3) is 10.8 Å². The number of methoxy groups -OCH3 is 4. The first-order valence-corrected chi connectivity index (χ1v) is 12.7. The number of carbonyl (C=O) groups is 3. The van der Waals surface area contributed by atoms with E-state index in [2.05, 4.69) is 15.8 Å². The first-order chi connectivity index (χ1) is 20.4. The van der Waals surface area contributed by atoms with Crippen LogP contribution in [-0.2, 0) is 4.79 Å². The van der Waals surface area contributed by atoms with Gasteiger partial charge in [0.05, 0.1) is 46.8 Å². The number of hydrogen-bond acceptors (Lipinski definition) is 9. The standard InChI is InChI=1S/C31H29N3O8/c1-38-22-12-9-20(10-13-22)31(37)42-25-14-11-19-7-5-6-8-23(19)24(25)17-33-34-28(35)18-32-30(36)21-15-26(39-2)29(41-4)27(16-21)40-3/h5-17H,18H2,1-4H3,(H,32,36)(H,34,35)/b33-17-. The highest BCUT2D eigenvalue weighted by Crippen LogP contribution is 2.38. The Morgan fingerprint density at radius 2 is 1.45 bits per heavy atom. The van der Waals surface area contributed by atoms with Gasteiger partial charge >= 0.3 is 5.97 Å². The molecule has 0 atom stereocenters. The van der Waals surface area contributed by atoms with Crippen molar-refractivity contribution in [2.24, 2.45) is 5.10 Å². The number of amides is 2. The van der Waals surface area contributed by atoms with Crippen molar-refractivity contribution in [2.75, 3.05) is 35.0 Å². The van der Waals surface area contributed by atoms with Crippen LogP contribution in [0.3, 0.4) is 0 Å². The van der Waals surface area contributed by atoms with E-state index in [9.17, 15) is 14.4 Å². The molecule has 0 bridgehead atoms. The Hall–Kier alpha value is -5.58. The largest absolute Gasteiger partial charge is 0.497 e. The molecule has 0 unspecified atom stereocenters. The number of nitrogens with one attached hydrogen (secondary N) is 2. The summed E-state index contributed by atoms with van der Waals surface area (Å²) >= 11 is 0. The van der Waals surface area contributed by atoms with Crippen LogP contribution < -0.4 is 34.4 Å². The molecule has 0 aliphatic rings. The molecule has 0 aromatic heterocycles. The molecular formula is C31H29N3O8. The lowest BCUT2D eigenvalue weighted by Crippen LogP contribution is -2.35. The van der Waals surface area contributed by atoms with E-state index < -0.39 is 17.8 Å². The summed E-state index contributed by atoms with van der Waals surface area (Å²) in [5.41, 5.74) is 3.41. The summed E-state index contributed by atoms with van der Waals surface area (Å²) < 4.78 is 26.6. The number of esters is 1. The molecule has 216 valence electrons. The van der Waals surface area contributed by atoms with Gasteiger partial charge in [-0.1, -0.05) is 30.3 Å². The number of rotatable bonds is 11. The van der Waals surface area contributed by atoms with Gasteiger partial charge < -0.3 is 29.0 Å². The van der Waals surface area contributed by atoms with Gasteiger partial charge in [-0.3, -0.25) is 9.59 Å². The topological polar surface area (TPSA) is 134 Å². The normalized spacial score (nSPS) is 10.7. The van der Waals surface area contributed by atoms with E-state index >= 15 is 0 Å². The van der Waals surface area contributed by atoms with Crippen molar-refractivity contribution < 1.29 is 38.1 Å². The average molecular weight is 572 g/mol. The molecule has 4 aromatic carbocycles. The van der Waals surface area contributed by atoms with Crippen molar-refractivity contribution in [3.05, 3.63) is 89.5 Å². The van der Waals surface area contributed by atoms with E-state index in [1.54, 1.807) is 30.3 Å². The first kappa shape index (κ1) is 29.4. The van der Waals surface area contributed by atoms with Gasteiger partial charge in [0.2, 0.25) is 5.75 Å². The molecule has 2 amide bonds. The lowest BCUT2D eigenvalue weighted by molar-refractivity contribution is -0.120. The number of benzene rings is 4. The monoisotopic (exact) mass is 571 g/mol. The molecule has 0 saturated heterocycles. The van der Waals surface area contributed by atoms with E-state index in [0.717, 1.165) is 10.8 Å². The number of nitrogens with zero attached hydrogens (tertiary/aromatic N) is 1. The van der Waals surface area contributed by atoms with Crippen LogP contribution in [0.1, 0.15) is 26.3 Å².